The van der Waals surface area contributed by atoms with Crippen LogP contribution in [-0.4, -0.2) is 20.2 Å². The molecule has 78 valence electrons. The number of anilines is 1. The van der Waals surface area contributed by atoms with Crippen LogP contribution in [-0.2, 0) is 9.84 Å². The summed E-state index contributed by atoms with van der Waals surface area (Å²) in [4.78, 5) is 0.310. The lowest BCUT2D eigenvalue weighted by molar-refractivity contribution is 0.602. The minimum atomic E-state index is -3.11. The van der Waals surface area contributed by atoms with Crippen LogP contribution in [0.2, 0.25) is 0 Å². The van der Waals surface area contributed by atoms with Gasteiger partial charge in [0.2, 0.25) is 0 Å². The first-order valence-corrected chi connectivity index (χ1v) is 6.43. The lowest BCUT2D eigenvalue weighted by Gasteiger charge is -2.08. The lowest BCUT2D eigenvalue weighted by Crippen LogP contribution is -2.06. The second-order valence-electron chi connectivity index (χ2n) is 3.06. The zero-order valence-corrected chi connectivity index (χ0v) is 9.56. The Morgan fingerprint density at radius 3 is 2.14 bits per heavy atom. The van der Waals surface area contributed by atoms with Gasteiger partial charge in [0.25, 0.3) is 0 Å². The Bertz CT molecular complexity index is 397. The van der Waals surface area contributed by atoms with Crippen molar-refractivity contribution >= 4 is 27.1 Å². The van der Waals surface area contributed by atoms with E-state index in [2.05, 4.69) is 5.32 Å². The average Bonchev–Trinajstić information content (AvgIpc) is 2.02. The van der Waals surface area contributed by atoms with Crippen LogP contribution in [0.4, 0.5) is 5.69 Å². The van der Waals surface area contributed by atoms with E-state index in [0.29, 0.717) is 4.90 Å². The van der Waals surface area contributed by atoms with Crippen LogP contribution < -0.4 is 5.32 Å². The summed E-state index contributed by atoms with van der Waals surface area (Å²) in [6.07, 6.45) is 1.18. The van der Waals surface area contributed by atoms with Crippen molar-refractivity contribution < 1.29 is 8.42 Å². The van der Waals surface area contributed by atoms with Crippen molar-refractivity contribution in [2.24, 2.45) is 0 Å². The van der Waals surface area contributed by atoms with Crippen LogP contribution in [0.25, 0.3) is 0 Å². The zero-order valence-electron chi connectivity index (χ0n) is 7.99. The van der Waals surface area contributed by atoms with Crippen molar-refractivity contribution in [3.05, 3.63) is 24.3 Å². The largest absolute Gasteiger partial charge is 0.369 e. The Kier molecular flexibility index (Phi) is 3.39. The predicted molar refractivity (Wildman–Crippen MR) is 58.5 cm³/mol. The van der Waals surface area contributed by atoms with Gasteiger partial charge in [0.1, 0.15) is 0 Å². The molecular formula is C9H12ClNO2S. The van der Waals surface area contributed by atoms with Gasteiger partial charge in [-0.1, -0.05) is 11.6 Å². The number of hydrogen-bond acceptors (Lipinski definition) is 3. The summed E-state index contributed by atoms with van der Waals surface area (Å²) < 4.78 is 22.2. The molecule has 0 aliphatic carbocycles. The van der Waals surface area contributed by atoms with Crippen molar-refractivity contribution in [1.29, 1.82) is 0 Å². The van der Waals surface area contributed by atoms with Gasteiger partial charge in [0.05, 0.1) is 10.4 Å². The minimum Gasteiger partial charge on any atom is -0.369 e. The maximum absolute atomic E-state index is 11.1. The van der Waals surface area contributed by atoms with Crippen molar-refractivity contribution in [3.63, 3.8) is 0 Å². The Hall–Kier alpha value is -0.740. The summed E-state index contributed by atoms with van der Waals surface area (Å²) in [5.41, 5.74) is 0.624. The van der Waals surface area contributed by atoms with Gasteiger partial charge in [-0.05, 0) is 31.2 Å². The first kappa shape index (κ1) is 11.3. The number of hydrogen-bond donors (Lipinski definition) is 1. The average molecular weight is 234 g/mol. The highest BCUT2D eigenvalue weighted by Crippen LogP contribution is 2.15. The number of nitrogens with one attached hydrogen (secondary N) is 1. The number of benzene rings is 1. The second kappa shape index (κ2) is 4.19. The van der Waals surface area contributed by atoms with Crippen molar-refractivity contribution in [2.45, 2.75) is 17.3 Å². The van der Waals surface area contributed by atoms with Gasteiger partial charge in [-0.3, -0.25) is 0 Å². The number of halogens is 1. The molecule has 5 heteroatoms. The van der Waals surface area contributed by atoms with E-state index < -0.39 is 9.84 Å². The molecule has 0 spiro atoms. The Morgan fingerprint density at radius 2 is 1.79 bits per heavy atom. The molecule has 1 aromatic rings. The summed E-state index contributed by atoms with van der Waals surface area (Å²) in [7, 11) is -3.11. The maximum atomic E-state index is 11.1. The van der Waals surface area contributed by atoms with E-state index in [0.717, 1.165) is 5.69 Å². The molecule has 0 amide bonds. The highest BCUT2D eigenvalue weighted by Gasteiger charge is 2.06. The highest BCUT2D eigenvalue weighted by atomic mass is 35.5. The molecule has 14 heavy (non-hydrogen) atoms. The van der Waals surface area contributed by atoms with E-state index in [1.807, 2.05) is 0 Å². The van der Waals surface area contributed by atoms with Crippen molar-refractivity contribution in [1.82, 2.24) is 0 Å². The first-order valence-electron chi connectivity index (χ1n) is 4.10. The Labute approximate surface area is 89.0 Å². The summed E-state index contributed by atoms with van der Waals surface area (Å²) in [6.45, 7) is 1.80. The third-order valence-electron chi connectivity index (χ3n) is 1.65. The molecule has 0 aliphatic rings. The second-order valence-corrected chi connectivity index (χ2v) is 5.73. The van der Waals surface area contributed by atoms with Crippen LogP contribution >= 0.6 is 11.6 Å². The molecule has 1 rings (SSSR count). The SMILES string of the molecule is CC(Cl)Nc1ccc(S(C)(=O)=O)cc1. The molecule has 0 aromatic heterocycles. The molecule has 0 saturated heterocycles. The van der Waals surface area contributed by atoms with Gasteiger partial charge < -0.3 is 5.32 Å². The standard InChI is InChI=1S/C9H12ClNO2S/c1-7(10)11-8-3-5-9(6-4-8)14(2,12)13/h3-7,11H,1-2H3. The summed E-state index contributed by atoms with van der Waals surface area (Å²) in [5.74, 6) is 0. The maximum Gasteiger partial charge on any atom is 0.175 e. The van der Waals surface area contributed by atoms with Gasteiger partial charge in [-0.2, -0.15) is 0 Å². The topological polar surface area (TPSA) is 46.2 Å². The number of alkyl halides is 1. The predicted octanol–water partition coefficient (Wildman–Crippen LogP) is 2.09. The van der Waals surface area contributed by atoms with Crippen LogP contribution in [0, 0.1) is 0 Å². The van der Waals surface area contributed by atoms with E-state index in [4.69, 9.17) is 11.6 Å². The molecule has 0 fully saturated rings. The molecule has 0 saturated carbocycles. The third kappa shape index (κ3) is 3.20. The Morgan fingerprint density at radius 1 is 1.29 bits per heavy atom. The third-order valence-corrected chi connectivity index (χ3v) is 2.89. The van der Waals surface area contributed by atoms with E-state index in [-0.39, 0.29) is 5.50 Å². The van der Waals surface area contributed by atoms with Crippen LogP contribution in [0.3, 0.4) is 0 Å². The zero-order chi connectivity index (χ0) is 10.8. The normalized spacial score (nSPS) is 13.6. The fourth-order valence-corrected chi connectivity index (χ4v) is 1.78. The summed E-state index contributed by atoms with van der Waals surface area (Å²) in [6, 6.07) is 6.48. The molecule has 0 aliphatic heterocycles. The lowest BCUT2D eigenvalue weighted by atomic mass is 10.3. The smallest absolute Gasteiger partial charge is 0.175 e. The molecule has 1 unspecified atom stereocenters. The van der Waals surface area contributed by atoms with E-state index in [9.17, 15) is 8.42 Å². The fourth-order valence-electron chi connectivity index (χ4n) is 1.03. The molecule has 1 N–H and O–H groups in total. The molecule has 0 bridgehead atoms. The molecular weight excluding hydrogens is 222 g/mol. The Balaban J connectivity index is 2.90. The fraction of sp³-hybridized carbons (Fsp3) is 0.333. The molecule has 1 aromatic carbocycles. The van der Waals surface area contributed by atoms with Crippen LogP contribution in [0.5, 0.6) is 0 Å². The van der Waals surface area contributed by atoms with Gasteiger partial charge in [0, 0.05) is 11.9 Å². The molecule has 0 heterocycles. The van der Waals surface area contributed by atoms with Gasteiger partial charge in [0.15, 0.2) is 9.84 Å². The molecule has 3 nitrogen and oxygen atoms in total. The van der Waals surface area contributed by atoms with E-state index in [1.54, 1.807) is 31.2 Å². The number of sulfone groups is 1. The van der Waals surface area contributed by atoms with Gasteiger partial charge in [-0.15, -0.1) is 0 Å². The van der Waals surface area contributed by atoms with E-state index in [1.165, 1.54) is 6.26 Å². The minimum absolute atomic E-state index is 0.181. The highest BCUT2D eigenvalue weighted by molar-refractivity contribution is 7.90. The van der Waals surface area contributed by atoms with Gasteiger partial charge >= 0.3 is 0 Å². The molecule has 0 radical (unpaired) electrons. The van der Waals surface area contributed by atoms with Crippen molar-refractivity contribution in [2.75, 3.05) is 11.6 Å². The summed E-state index contributed by atoms with van der Waals surface area (Å²) in [5, 5.41) is 2.95. The summed E-state index contributed by atoms with van der Waals surface area (Å²) >= 11 is 5.71. The van der Waals surface area contributed by atoms with Crippen LogP contribution in [0.1, 0.15) is 6.92 Å². The molecule has 1 atom stereocenters. The monoisotopic (exact) mass is 233 g/mol. The van der Waals surface area contributed by atoms with Crippen molar-refractivity contribution in [3.8, 4) is 0 Å². The van der Waals surface area contributed by atoms with Crippen LogP contribution in [0.15, 0.2) is 29.2 Å². The van der Waals surface area contributed by atoms with E-state index >= 15 is 0 Å². The number of rotatable bonds is 3. The van der Waals surface area contributed by atoms with Gasteiger partial charge in [-0.25, -0.2) is 8.42 Å². The quantitative estimate of drug-likeness (QED) is 0.642. The first-order chi connectivity index (χ1) is 6.39.